The molecule has 4 amide bonds. The summed E-state index contributed by atoms with van der Waals surface area (Å²) in [5.41, 5.74) is 0.978. The number of rotatable bonds is 6. The molecule has 6 nitrogen and oxygen atoms in total. The summed E-state index contributed by atoms with van der Waals surface area (Å²) in [6, 6.07) is 9.43. The van der Waals surface area contributed by atoms with Gasteiger partial charge in [-0.2, -0.15) is 0 Å². The van der Waals surface area contributed by atoms with Crippen molar-refractivity contribution in [3.63, 3.8) is 0 Å². The number of nitrogens with one attached hydrogen (secondary N) is 1. The SMILES string of the molecule is CCN(CC)C(=O)NC(Cc1ccccc1)N1C(=O)C2C3C=CC(C3)C2C1=O. The molecule has 0 aromatic heterocycles. The topological polar surface area (TPSA) is 69.7 Å². The van der Waals surface area contributed by atoms with Crippen molar-refractivity contribution in [1.29, 1.82) is 0 Å². The zero-order valence-electron chi connectivity index (χ0n) is 16.4. The van der Waals surface area contributed by atoms with Crippen molar-refractivity contribution in [2.45, 2.75) is 32.9 Å². The van der Waals surface area contributed by atoms with Gasteiger partial charge in [-0.3, -0.25) is 14.5 Å². The third kappa shape index (κ3) is 3.01. The van der Waals surface area contributed by atoms with E-state index >= 15 is 0 Å². The standard InChI is InChI=1S/C22H27N3O3/c1-3-24(4-2)22(28)23-17(12-14-8-6-5-7-9-14)25-20(26)18-15-10-11-16(13-15)19(18)21(25)27/h5-11,15-19H,3-4,12-13H2,1-2H3,(H,23,28). The Labute approximate surface area is 165 Å². The lowest BCUT2D eigenvalue weighted by Gasteiger charge is -2.31. The first-order valence-electron chi connectivity index (χ1n) is 10.2. The predicted molar refractivity (Wildman–Crippen MR) is 105 cm³/mol. The van der Waals surface area contributed by atoms with Crippen molar-refractivity contribution in [3.8, 4) is 0 Å². The first-order valence-corrected chi connectivity index (χ1v) is 10.2. The number of amides is 4. The fourth-order valence-electron chi connectivity index (χ4n) is 5.02. The van der Waals surface area contributed by atoms with Crippen molar-refractivity contribution in [2.75, 3.05) is 13.1 Å². The van der Waals surface area contributed by atoms with Gasteiger partial charge in [0.25, 0.3) is 0 Å². The van der Waals surface area contributed by atoms with Gasteiger partial charge in [-0.1, -0.05) is 42.5 Å². The molecule has 4 rings (SSSR count). The monoisotopic (exact) mass is 381 g/mol. The van der Waals surface area contributed by atoms with E-state index in [1.165, 1.54) is 4.90 Å². The summed E-state index contributed by atoms with van der Waals surface area (Å²) in [6.45, 7) is 4.97. The summed E-state index contributed by atoms with van der Waals surface area (Å²) in [7, 11) is 0. The van der Waals surface area contributed by atoms with Gasteiger partial charge in [-0.25, -0.2) is 4.79 Å². The Balaban J connectivity index is 1.60. The molecule has 6 heteroatoms. The largest absolute Gasteiger partial charge is 0.325 e. The summed E-state index contributed by atoms with van der Waals surface area (Å²) in [6.07, 6.45) is 4.81. The molecule has 3 aliphatic rings. The Morgan fingerprint density at radius 1 is 1.07 bits per heavy atom. The fraction of sp³-hybridized carbons (Fsp3) is 0.500. The fourth-order valence-corrected chi connectivity index (χ4v) is 5.02. The van der Waals surface area contributed by atoms with Gasteiger partial charge in [0.1, 0.15) is 6.17 Å². The lowest BCUT2D eigenvalue weighted by atomic mass is 9.85. The summed E-state index contributed by atoms with van der Waals surface area (Å²) in [5.74, 6) is -0.461. The molecule has 0 radical (unpaired) electrons. The van der Waals surface area contributed by atoms with Crippen LogP contribution in [0, 0.1) is 23.7 Å². The Morgan fingerprint density at radius 2 is 1.64 bits per heavy atom. The van der Waals surface area contributed by atoms with E-state index in [0.717, 1.165) is 12.0 Å². The first kappa shape index (κ1) is 18.7. The normalized spacial score (nSPS) is 28.6. The highest BCUT2D eigenvalue weighted by molar-refractivity contribution is 6.07. The third-order valence-electron chi connectivity index (χ3n) is 6.43. The quantitative estimate of drug-likeness (QED) is 0.608. The smallest absolute Gasteiger partial charge is 0.319 e. The molecule has 2 fully saturated rings. The average Bonchev–Trinajstić information content (AvgIpc) is 3.37. The van der Waals surface area contributed by atoms with E-state index in [-0.39, 0.29) is 41.5 Å². The molecule has 1 heterocycles. The molecule has 0 spiro atoms. The highest BCUT2D eigenvalue weighted by Crippen LogP contribution is 2.52. The molecule has 5 unspecified atom stereocenters. The van der Waals surface area contributed by atoms with Gasteiger partial charge in [0, 0.05) is 19.5 Å². The molecule has 1 N–H and O–H groups in total. The van der Waals surface area contributed by atoms with Crippen LogP contribution in [0.1, 0.15) is 25.8 Å². The van der Waals surface area contributed by atoms with E-state index in [4.69, 9.17) is 0 Å². The van der Waals surface area contributed by atoms with Crippen molar-refractivity contribution < 1.29 is 14.4 Å². The van der Waals surface area contributed by atoms with Gasteiger partial charge in [0.2, 0.25) is 11.8 Å². The second-order valence-corrected chi connectivity index (χ2v) is 7.87. The molecular weight excluding hydrogens is 354 g/mol. The van der Waals surface area contributed by atoms with Crippen LogP contribution < -0.4 is 5.32 Å². The van der Waals surface area contributed by atoms with Crippen molar-refractivity contribution in [1.82, 2.24) is 15.1 Å². The van der Waals surface area contributed by atoms with E-state index < -0.39 is 6.17 Å². The number of hydrogen-bond donors (Lipinski definition) is 1. The Hall–Kier alpha value is -2.63. The second kappa shape index (κ2) is 7.41. The number of hydrogen-bond acceptors (Lipinski definition) is 3. The van der Waals surface area contributed by atoms with Crippen LogP contribution in [-0.2, 0) is 16.0 Å². The van der Waals surface area contributed by atoms with Gasteiger partial charge >= 0.3 is 6.03 Å². The molecule has 1 saturated heterocycles. The zero-order valence-corrected chi connectivity index (χ0v) is 16.4. The summed E-state index contributed by atoms with van der Waals surface area (Å²) >= 11 is 0. The minimum absolute atomic E-state index is 0.132. The molecule has 1 aromatic rings. The van der Waals surface area contributed by atoms with E-state index in [2.05, 4.69) is 17.5 Å². The maximum atomic E-state index is 13.2. The molecule has 2 aliphatic carbocycles. The maximum absolute atomic E-state index is 13.2. The summed E-state index contributed by atoms with van der Waals surface area (Å²) < 4.78 is 0. The van der Waals surface area contributed by atoms with Crippen LogP contribution in [0.15, 0.2) is 42.5 Å². The first-order chi connectivity index (χ1) is 13.5. The highest BCUT2D eigenvalue weighted by Gasteiger charge is 2.60. The van der Waals surface area contributed by atoms with E-state index in [1.807, 2.05) is 44.2 Å². The van der Waals surface area contributed by atoms with Gasteiger partial charge < -0.3 is 10.2 Å². The average molecular weight is 381 g/mol. The van der Waals surface area contributed by atoms with E-state index in [0.29, 0.717) is 19.5 Å². The van der Waals surface area contributed by atoms with Gasteiger partial charge in [-0.05, 0) is 37.7 Å². The summed E-state index contributed by atoms with van der Waals surface area (Å²) in [5, 5.41) is 2.96. The second-order valence-electron chi connectivity index (χ2n) is 7.87. The molecule has 28 heavy (non-hydrogen) atoms. The van der Waals surface area contributed by atoms with Gasteiger partial charge in [-0.15, -0.1) is 0 Å². The number of nitrogens with zero attached hydrogens (tertiary/aromatic N) is 2. The van der Waals surface area contributed by atoms with Crippen LogP contribution in [0.4, 0.5) is 4.79 Å². The maximum Gasteiger partial charge on any atom is 0.319 e. The molecule has 1 saturated carbocycles. The number of carbonyl (C=O) groups excluding carboxylic acids is 3. The number of fused-ring (bicyclic) bond motifs is 5. The highest BCUT2D eigenvalue weighted by atomic mass is 16.2. The van der Waals surface area contributed by atoms with Gasteiger partial charge in [0.15, 0.2) is 0 Å². The zero-order chi connectivity index (χ0) is 19.8. The minimum Gasteiger partial charge on any atom is -0.325 e. The van der Waals surface area contributed by atoms with E-state index in [9.17, 15) is 14.4 Å². The molecule has 5 atom stereocenters. The van der Waals surface area contributed by atoms with Crippen molar-refractivity contribution in [2.24, 2.45) is 23.7 Å². The van der Waals surface area contributed by atoms with Crippen LogP contribution in [0.3, 0.4) is 0 Å². The third-order valence-corrected chi connectivity index (χ3v) is 6.43. The summed E-state index contributed by atoms with van der Waals surface area (Å²) in [4.78, 5) is 42.2. The Kier molecular flexibility index (Phi) is 4.96. The number of urea groups is 1. The lowest BCUT2D eigenvalue weighted by molar-refractivity contribution is -0.143. The predicted octanol–water partition coefficient (Wildman–Crippen LogP) is 2.41. The number of likely N-dealkylation sites (tertiary alicyclic amines) is 1. The molecule has 1 aliphatic heterocycles. The van der Waals surface area contributed by atoms with Crippen LogP contribution in [0.25, 0.3) is 0 Å². The van der Waals surface area contributed by atoms with Crippen LogP contribution in [0.5, 0.6) is 0 Å². The number of imide groups is 1. The molecule has 148 valence electrons. The van der Waals surface area contributed by atoms with Crippen molar-refractivity contribution in [3.05, 3.63) is 48.0 Å². The number of allylic oxidation sites excluding steroid dienone is 2. The van der Waals surface area contributed by atoms with E-state index in [1.54, 1.807) is 4.90 Å². The van der Waals surface area contributed by atoms with Crippen LogP contribution in [-0.4, -0.2) is 46.9 Å². The Bertz CT molecular complexity index is 773. The minimum atomic E-state index is -0.666. The van der Waals surface area contributed by atoms with Crippen LogP contribution >= 0.6 is 0 Å². The van der Waals surface area contributed by atoms with Crippen molar-refractivity contribution >= 4 is 17.8 Å². The van der Waals surface area contributed by atoms with Gasteiger partial charge in [0.05, 0.1) is 11.8 Å². The lowest BCUT2D eigenvalue weighted by Crippen LogP contribution is -2.55. The molecule has 1 aromatic carbocycles. The Morgan fingerprint density at radius 3 is 2.18 bits per heavy atom. The molecular formula is C22H27N3O3. The number of carbonyl (C=O) groups is 3. The number of benzene rings is 1. The molecule has 2 bridgehead atoms. The van der Waals surface area contributed by atoms with Crippen LogP contribution in [0.2, 0.25) is 0 Å².